The van der Waals surface area contributed by atoms with Crippen LogP contribution in [0.15, 0.2) is 42.5 Å². The lowest BCUT2D eigenvalue weighted by atomic mass is 10.1. The van der Waals surface area contributed by atoms with Crippen LogP contribution in [0.4, 0.5) is 18.9 Å². The number of carbonyl (C=O) groups excluding carboxylic acids is 2. The van der Waals surface area contributed by atoms with Gasteiger partial charge in [-0.15, -0.1) is 0 Å². The zero-order valence-corrected chi connectivity index (χ0v) is 23.2. The standard InChI is InChI=1S/C25H31ClF3N3O5S/c1-6-16(2)30-24(34)17(3)31(14-18-8-7-9-20(12-18)37-4)23(33)15-32(38(5,35)36)22-13-19(25(27,28)29)10-11-21(22)26/h7-13,16-17H,6,14-15H2,1-5H3,(H,30,34)/t16-,17-/m1/s1. The smallest absolute Gasteiger partial charge is 0.416 e. The maximum Gasteiger partial charge on any atom is 0.416 e. The van der Waals surface area contributed by atoms with E-state index in [4.69, 9.17) is 16.3 Å². The van der Waals surface area contributed by atoms with Gasteiger partial charge in [-0.1, -0.05) is 30.7 Å². The van der Waals surface area contributed by atoms with Crippen LogP contribution >= 0.6 is 11.6 Å². The van der Waals surface area contributed by atoms with Crippen LogP contribution in [-0.2, 0) is 32.3 Å². The molecular formula is C25H31ClF3N3O5S. The number of sulfonamides is 1. The number of ether oxygens (including phenoxy) is 1. The SMILES string of the molecule is CC[C@@H](C)NC(=O)[C@@H](C)N(Cc1cccc(OC)c1)C(=O)CN(c1cc(C(F)(F)F)ccc1Cl)S(C)(=O)=O. The zero-order chi connectivity index (χ0) is 28.8. The Labute approximate surface area is 225 Å². The van der Waals surface area contributed by atoms with Gasteiger partial charge in [0.15, 0.2) is 0 Å². The average Bonchev–Trinajstić information content (AvgIpc) is 2.84. The Balaban J connectivity index is 2.51. The van der Waals surface area contributed by atoms with Crippen LogP contribution in [0.3, 0.4) is 0 Å². The van der Waals surface area contributed by atoms with Gasteiger partial charge in [0.25, 0.3) is 0 Å². The lowest BCUT2D eigenvalue weighted by molar-refractivity contribution is -0.139. The highest BCUT2D eigenvalue weighted by Crippen LogP contribution is 2.36. The monoisotopic (exact) mass is 577 g/mol. The molecule has 0 aliphatic carbocycles. The molecule has 0 radical (unpaired) electrons. The van der Waals surface area contributed by atoms with Gasteiger partial charge in [0.1, 0.15) is 18.3 Å². The van der Waals surface area contributed by atoms with Crippen molar-refractivity contribution in [2.75, 3.05) is 24.2 Å². The van der Waals surface area contributed by atoms with Gasteiger partial charge in [0, 0.05) is 12.6 Å². The molecule has 0 fully saturated rings. The first-order valence-electron chi connectivity index (χ1n) is 11.7. The number of carbonyl (C=O) groups is 2. The van der Waals surface area contributed by atoms with E-state index in [1.165, 1.54) is 14.0 Å². The molecule has 0 bridgehead atoms. The van der Waals surface area contributed by atoms with Crippen molar-refractivity contribution in [3.8, 4) is 5.75 Å². The molecule has 2 aromatic carbocycles. The van der Waals surface area contributed by atoms with Crippen molar-refractivity contribution in [1.29, 1.82) is 0 Å². The minimum Gasteiger partial charge on any atom is -0.497 e. The van der Waals surface area contributed by atoms with Gasteiger partial charge in [0.2, 0.25) is 21.8 Å². The van der Waals surface area contributed by atoms with Crippen molar-refractivity contribution in [2.45, 2.75) is 52.0 Å². The number of hydrogen-bond donors (Lipinski definition) is 1. The van der Waals surface area contributed by atoms with Crippen LogP contribution in [0.5, 0.6) is 5.75 Å². The Morgan fingerprint density at radius 2 is 1.79 bits per heavy atom. The number of halogens is 4. The first-order chi connectivity index (χ1) is 17.6. The van der Waals surface area contributed by atoms with E-state index in [2.05, 4.69) is 5.32 Å². The number of alkyl halides is 3. The number of anilines is 1. The third-order valence-corrected chi connectivity index (χ3v) is 7.32. The summed E-state index contributed by atoms with van der Waals surface area (Å²) < 4.78 is 71.0. The Hall–Kier alpha value is -2.99. The predicted molar refractivity (Wildman–Crippen MR) is 140 cm³/mol. The van der Waals surface area contributed by atoms with Gasteiger partial charge in [-0.05, 0) is 56.2 Å². The topological polar surface area (TPSA) is 96.0 Å². The summed E-state index contributed by atoms with van der Waals surface area (Å²) in [4.78, 5) is 27.7. The molecule has 0 heterocycles. The van der Waals surface area contributed by atoms with E-state index in [-0.39, 0.29) is 17.6 Å². The first-order valence-corrected chi connectivity index (χ1v) is 13.9. The third-order valence-electron chi connectivity index (χ3n) is 5.88. The summed E-state index contributed by atoms with van der Waals surface area (Å²) in [5, 5.41) is 2.49. The fourth-order valence-electron chi connectivity index (χ4n) is 3.49. The lowest BCUT2D eigenvalue weighted by Gasteiger charge is -2.32. The summed E-state index contributed by atoms with van der Waals surface area (Å²) in [5.74, 6) is -0.794. The number of nitrogens with one attached hydrogen (secondary N) is 1. The number of benzene rings is 2. The molecule has 0 saturated heterocycles. The molecule has 0 saturated carbocycles. The van der Waals surface area contributed by atoms with E-state index in [0.29, 0.717) is 34.2 Å². The molecule has 2 aromatic rings. The van der Waals surface area contributed by atoms with Crippen molar-refractivity contribution in [3.05, 3.63) is 58.6 Å². The maximum atomic E-state index is 13.6. The molecule has 2 rings (SSSR count). The fraction of sp³-hybridized carbons (Fsp3) is 0.440. The number of hydrogen-bond acceptors (Lipinski definition) is 5. The summed E-state index contributed by atoms with van der Waals surface area (Å²) in [6, 6.07) is 7.70. The van der Waals surface area contributed by atoms with Crippen molar-refractivity contribution in [2.24, 2.45) is 0 Å². The van der Waals surface area contributed by atoms with Crippen molar-refractivity contribution >= 4 is 39.1 Å². The highest BCUT2D eigenvalue weighted by molar-refractivity contribution is 7.92. The summed E-state index contributed by atoms with van der Waals surface area (Å²) >= 11 is 6.08. The van der Waals surface area contributed by atoms with Gasteiger partial charge in [0.05, 0.1) is 29.6 Å². The Morgan fingerprint density at radius 1 is 1.13 bits per heavy atom. The van der Waals surface area contributed by atoms with Crippen molar-refractivity contribution < 1.29 is 35.9 Å². The van der Waals surface area contributed by atoms with E-state index in [1.807, 2.05) is 6.92 Å². The Bertz CT molecular complexity index is 1260. The number of rotatable bonds is 11. The fourth-order valence-corrected chi connectivity index (χ4v) is 4.61. The zero-order valence-electron chi connectivity index (χ0n) is 21.7. The molecule has 38 heavy (non-hydrogen) atoms. The molecule has 2 atom stereocenters. The quantitative estimate of drug-likeness (QED) is 0.425. The van der Waals surface area contributed by atoms with Gasteiger partial charge in [-0.3, -0.25) is 13.9 Å². The molecule has 210 valence electrons. The molecule has 0 aliphatic rings. The van der Waals surface area contributed by atoms with E-state index < -0.39 is 51.9 Å². The van der Waals surface area contributed by atoms with Crippen LogP contribution in [0.25, 0.3) is 0 Å². The van der Waals surface area contributed by atoms with Crippen molar-refractivity contribution in [3.63, 3.8) is 0 Å². The number of nitrogens with zero attached hydrogens (tertiary/aromatic N) is 2. The highest BCUT2D eigenvalue weighted by Gasteiger charge is 2.34. The molecule has 0 unspecified atom stereocenters. The molecule has 0 aromatic heterocycles. The molecule has 0 spiro atoms. The van der Waals surface area contributed by atoms with Crippen LogP contribution in [0, 0.1) is 0 Å². The highest BCUT2D eigenvalue weighted by atomic mass is 35.5. The molecule has 1 N–H and O–H groups in total. The molecule has 8 nitrogen and oxygen atoms in total. The van der Waals surface area contributed by atoms with E-state index >= 15 is 0 Å². The maximum absolute atomic E-state index is 13.6. The summed E-state index contributed by atoms with van der Waals surface area (Å²) in [7, 11) is -2.80. The minimum atomic E-state index is -4.77. The van der Waals surface area contributed by atoms with Gasteiger partial charge in [-0.2, -0.15) is 13.2 Å². The Morgan fingerprint density at radius 3 is 2.34 bits per heavy atom. The summed E-state index contributed by atoms with van der Waals surface area (Å²) in [5.41, 5.74) is -1.05. The Kier molecular flexibility index (Phi) is 10.4. The van der Waals surface area contributed by atoms with Crippen LogP contribution in [-0.4, -0.2) is 57.1 Å². The number of methoxy groups -OCH3 is 1. The van der Waals surface area contributed by atoms with Gasteiger partial charge < -0.3 is 15.0 Å². The summed E-state index contributed by atoms with van der Waals surface area (Å²) in [6.07, 6.45) is -3.38. The molecular weight excluding hydrogens is 547 g/mol. The molecule has 13 heteroatoms. The second kappa shape index (κ2) is 12.7. The summed E-state index contributed by atoms with van der Waals surface area (Å²) in [6.45, 7) is 4.17. The second-order valence-electron chi connectivity index (χ2n) is 8.80. The van der Waals surface area contributed by atoms with Crippen LogP contribution < -0.4 is 14.4 Å². The predicted octanol–water partition coefficient (Wildman–Crippen LogP) is 4.47. The van der Waals surface area contributed by atoms with Crippen molar-refractivity contribution in [1.82, 2.24) is 10.2 Å². The molecule has 0 aliphatic heterocycles. The first kappa shape index (κ1) is 31.2. The van der Waals surface area contributed by atoms with Gasteiger partial charge >= 0.3 is 6.18 Å². The normalized spacial score (nSPS) is 13.4. The van der Waals surface area contributed by atoms with E-state index in [1.54, 1.807) is 31.2 Å². The minimum absolute atomic E-state index is 0.0982. The lowest BCUT2D eigenvalue weighted by Crippen LogP contribution is -2.52. The largest absolute Gasteiger partial charge is 0.497 e. The van der Waals surface area contributed by atoms with Crippen LogP contribution in [0.2, 0.25) is 5.02 Å². The second-order valence-corrected chi connectivity index (χ2v) is 11.1. The third kappa shape index (κ3) is 8.26. The van der Waals surface area contributed by atoms with E-state index in [9.17, 15) is 31.2 Å². The average molecular weight is 578 g/mol. The number of amides is 2. The van der Waals surface area contributed by atoms with Gasteiger partial charge in [-0.25, -0.2) is 8.42 Å². The molecule has 2 amide bonds. The van der Waals surface area contributed by atoms with Crippen LogP contribution in [0.1, 0.15) is 38.3 Å². The van der Waals surface area contributed by atoms with E-state index in [0.717, 1.165) is 17.2 Å².